The smallest absolute Gasteiger partial charge is 0.337 e. The summed E-state index contributed by atoms with van der Waals surface area (Å²) in [6.45, 7) is 4.17. The number of carboxylic acids is 1. The first-order chi connectivity index (χ1) is 9.61. The molecule has 0 aliphatic heterocycles. The lowest BCUT2D eigenvalue weighted by Gasteiger charge is -2.12. The van der Waals surface area contributed by atoms with Crippen molar-refractivity contribution in [3.8, 4) is 17.4 Å². The van der Waals surface area contributed by atoms with Crippen molar-refractivity contribution in [2.45, 2.75) is 13.8 Å². The molecular formula is C15H15NO4. The van der Waals surface area contributed by atoms with Gasteiger partial charge in [0.05, 0.1) is 12.2 Å². The third-order valence-electron chi connectivity index (χ3n) is 2.63. The highest BCUT2D eigenvalue weighted by Gasteiger charge is 2.11. The zero-order valence-corrected chi connectivity index (χ0v) is 11.3. The van der Waals surface area contributed by atoms with Crippen LogP contribution in [0, 0.1) is 6.92 Å². The summed E-state index contributed by atoms with van der Waals surface area (Å²) in [5, 5.41) is 8.90. The molecule has 1 aromatic heterocycles. The molecule has 0 radical (unpaired) electrons. The van der Waals surface area contributed by atoms with Gasteiger partial charge in [-0.05, 0) is 32.0 Å². The molecule has 2 aromatic rings. The highest BCUT2D eigenvalue weighted by molar-refractivity contribution is 5.87. The number of ether oxygens (including phenoxy) is 2. The van der Waals surface area contributed by atoms with Crippen molar-refractivity contribution >= 4 is 5.97 Å². The number of pyridine rings is 1. The number of para-hydroxylation sites is 2. The molecule has 0 unspecified atom stereocenters. The Labute approximate surface area is 116 Å². The van der Waals surface area contributed by atoms with Crippen LogP contribution in [-0.2, 0) is 0 Å². The topological polar surface area (TPSA) is 68.7 Å². The number of aromatic nitrogens is 1. The molecule has 0 aliphatic carbocycles. The third kappa shape index (κ3) is 3.06. The Morgan fingerprint density at radius 1 is 1.30 bits per heavy atom. The highest BCUT2D eigenvalue weighted by atomic mass is 16.5. The van der Waals surface area contributed by atoms with Gasteiger partial charge in [0, 0.05) is 11.8 Å². The fourth-order valence-corrected chi connectivity index (χ4v) is 1.70. The van der Waals surface area contributed by atoms with Crippen LogP contribution in [0.5, 0.6) is 17.4 Å². The standard InChI is InChI=1S/C15H15NO4/c1-3-19-12-6-4-5-7-13(12)20-14-10(2)8-11(9-16-14)15(17)18/h4-9H,3H2,1-2H3,(H,17,18). The summed E-state index contributed by atoms with van der Waals surface area (Å²) >= 11 is 0. The molecular weight excluding hydrogens is 258 g/mol. The Balaban J connectivity index is 2.28. The van der Waals surface area contributed by atoms with Gasteiger partial charge in [-0.25, -0.2) is 9.78 Å². The quantitative estimate of drug-likeness (QED) is 0.905. The number of rotatable bonds is 5. The minimum absolute atomic E-state index is 0.132. The van der Waals surface area contributed by atoms with Crippen molar-refractivity contribution < 1.29 is 19.4 Å². The predicted molar refractivity (Wildman–Crippen MR) is 73.6 cm³/mol. The predicted octanol–water partition coefficient (Wildman–Crippen LogP) is 3.28. The van der Waals surface area contributed by atoms with Gasteiger partial charge < -0.3 is 14.6 Å². The average molecular weight is 273 g/mol. The molecule has 0 amide bonds. The van der Waals surface area contributed by atoms with Crippen LogP contribution in [0.1, 0.15) is 22.8 Å². The minimum Gasteiger partial charge on any atom is -0.490 e. The summed E-state index contributed by atoms with van der Waals surface area (Å²) in [5.41, 5.74) is 0.782. The first-order valence-corrected chi connectivity index (χ1v) is 6.21. The van der Waals surface area contributed by atoms with Gasteiger partial charge in [0.15, 0.2) is 11.5 Å². The zero-order valence-electron chi connectivity index (χ0n) is 11.3. The molecule has 0 saturated heterocycles. The lowest BCUT2D eigenvalue weighted by atomic mass is 10.2. The van der Waals surface area contributed by atoms with Crippen LogP contribution in [0.4, 0.5) is 0 Å². The van der Waals surface area contributed by atoms with E-state index in [1.165, 1.54) is 12.3 Å². The summed E-state index contributed by atoms with van der Waals surface area (Å²) < 4.78 is 11.2. The summed E-state index contributed by atoms with van der Waals surface area (Å²) in [6.07, 6.45) is 1.27. The van der Waals surface area contributed by atoms with E-state index < -0.39 is 5.97 Å². The molecule has 0 bridgehead atoms. The van der Waals surface area contributed by atoms with Gasteiger partial charge in [-0.2, -0.15) is 0 Å². The Hall–Kier alpha value is -2.56. The second-order valence-corrected chi connectivity index (χ2v) is 4.13. The van der Waals surface area contributed by atoms with Crippen molar-refractivity contribution in [3.63, 3.8) is 0 Å². The molecule has 0 spiro atoms. The number of nitrogens with zero attached hydrogens (tertiary/aromatic N) is 1. The zero-order chi connectivity index (χ0) is 14.5. The van der Waals surface area contributed by atoms with Crippen LogP contribution >= 0.6 is 0 Å². The molecule has 0 aliphatic rings. The summed E-state index contributed by atoms with van der Waals surface area (Å²) in [6, 6.07) is 8.79. The maximum absolute atomic E-state index is 10.9. The Bertz CT molecular complexity index is 625. The lowest BCUT2D eigenvalue weighted by Crippen LogP contribution is -2.01. The molecule has 1 N–H and O–H groups in total. The molecule has 0 fully saturated rings. The van der Waals surface area contributed by atoms with Gasteiger partial charge in [0.2, 0.25) is 5.88 Å². The van der Waals surface area contributed by atoms with Crippen molar-refractivity contribution in [1.82, 2.24) is 4.98 Å². The molecule has 0 saturated carbocycles. The van der Waals surface area contributed by atoms with Gasteiger partial charge in [0.25, 0.3) is 0 Å². The molecule has 20 heavy (non-hydrogen) atoms. The number of carboxylic acid groups (broad SMARTS) is 1. The van der Waals surface area contributed by atoms with Crippen molar-refractivity contribution in [2.75, 3.05) is 6.61 Å². The second kappa shape index (κ2) is 6.06. The van der Waals surface area contributed by atoms with Gasteiger partial charge in [0.1, 0.15) is 0 Å². The minimum atomic E-state index is -1.01. The largest absolute Gasteiger partial charge is 0.490 e. The van der Waals surface area contributed by atoms with Crippen molar-refractivity contribution in [3.05, 3.63) is 47.7 Å². The Morgan fingerprint density at radius 2 is 2.00 bits per heavy atom. The number of carbonyl (C=O) groups is 1. The van der Waals surface area contributed by atoms with Crippen LogP contribution in [-0.4, -0.2) is 22.7 Å². The van der Waals surface area contributed by atoms with Gasteiger partial charge in [-0.15, -0.1) is 0 Å². The van der Waals surface area contributed by atoms with E-state index in [2.05, 4.69) is 4.98 Å². The molecule has 1 aromatic carbocycles. The van der Waals surface area contributed by atoms with E-state index in [0.29, 0.717) is 29.5 Å². The van der Waals surface area contributed by atoms with E-state index >= 15 is 0 Å². The Morgan fingerprint density at radius 3 is 2.60 bits per heavy atom. The van der Waals surface area contributed by atoms with E-state index in [9.17, 15) is 4.79 Å². The van der Waals surface area contributed by atoms with Crippen molar-refractivity contribution in [2.24, 2.45) is 0 Å². The van der Waals surface area contributed by atoms with Crippen LogP contribution < -0.4 is 9.47 Å². The molecule has 0 atom stereocenters. The Kier molecular flexibility index (Phi) is 4.20. The molecule has 2 rings (SSSR count). The normalized spacial score (nSPS) is 10.1. The average Bonchev–Trinajstić information content (AvgIpc) is 2.43. The molecule has 104 valence electrons. The first kappa shape index (κ1) is 13.9. The number of aromatic carboxylic acids is 1. The van der Waals surface area contributed by atoms with Crippen LogP contribution in [0.15, 0.2) is 36.5 Å². The molecule has 5 nitrogen and oxygen atoms in total. The number of aryl methyl sites for hydroxylation is 1. The third-order valence-corrected chi connectivity index (χ3v) is 2.63. The van der Waals surface area contributed by atoms with E-state index in [0.717, 1.165) is 0 Å². The van der Waals surface area contributed by atoms with Crippen molar-refractivity contribution in [1.29, 1.82) is 0 Å². The summed E-state index contributed by atoms with van der Waals surface area (Å²) in [7, 11) is 0. The van der Waals surface area contributed by atoms with E-state index in [-0.39, 0.29) is 5.56 Å². The summed E-state index contributed by atoms with van der Waals surface area (Å²) in [4.78, 5) is 14.9. The fourth-order valence-electron chi connectivity index (χ4n) is 1.70. The first-order valence-electron chi connectivity index (χ1n) is 6.21. The SMILES string of the molecule is CCOc1ccccc1Oc1ncc(C(=O)O)cc1C. The maximum atomic E-state index is 10.9. The number of benzene rings is 1. The van der Waals surface area contributed by atoms with E-state index in [1.54, 1.807) is 19.1 Å². The number of hydrogen-bond donors (Lipinski definition) is 1. The van der Waals surface area contributed by atoms with Gasteiger partial charge >= 0.3 is 5.97 Å². The van der Waals surface area contributed by atoms with Gasteiger partial charge in [-0.3, -0.25) is 0 Å². The van der Waals surface area contributed by atoms with E-state index in [4.69, 9.17) is 14.6 Å². The van der Waals surface area contributed by atoms with Gasteiger partial charge in [-0.1, -0.05) is 12.1 Å². The number of hydrogen-bond acceptors (Lipinski definition) is 4. The van der Waals surface area contributed by atoms with Crippen LogP contribution in [0.3, 0.4) is 0 Å². The van der Waals surface area contributed by atoms with E-state index in [1.807, 2.05) is 19.1 Å². The lowest BCUT2D eigenvalue weighted by molar-refractivity contribution is 0.0696. The molecule has 1 heterocycles. The van der Waals surface area contributed by atoms with Crippen LogP contribution in [0.25, 0.3) is 0 Å². The maximum Gasteiger partial charge on any atom is 0.337 e. The summed E-state index contributed by atoms with van der Waals surface area (Å²) in [5.74, 6) is 0.524. The fraction of sp³-hybridized carbons (Fsp3) is 0.200. The molecule has 5 heteroatoms. The van der Waals surface area contributed by atoms with Crippen LogP contribution in [0.2, 0.25) is 0 Å². The monoisotopic (exact) mass is 273 g/mol. The highest BCUT2D eigenvalue weighted by Crippen LogP contribution is 2.31. The second-order valence-electron chi connectivity index (χ2n) is 4.13.